The molecule has 2 aromatic rings. The first-order valence-corrected chi connectivity index (χ1v) is 6.52. The summed E-state index contributed by atoms with van der Waals surface area (Å²) in [7, 11) is 1.78. The molecule has 0 aliphatic rings. The number of rotatable bonds is 4. The van der Waals surface area contributed by atoms with Gasteiger partial charge in [-0.3, -0.25) is 4.79 Å². The van der Waals surface area contributed by atoms with Crippen molar-refractivity contribution in [3.8, 4) is 0 Å². The number of amides is 1. The number of nitrogens with one attached hydrogen (secondary N) is 1. The van der Waals surface area contributed by atoms with E-state index >= 15 is 0 Å². The van der Waals surface area contributed by atoms with Crippen molar-refractivity contribution in [3.63, 3.8) is 0 Å². The number of nitrogens with zero attached hydrogens (tertiary/aromatic N) is 4. The van der Waals surface area contributed by atoms with Crippen LogP contribution >= 0.6 is 0 Å². The molecule has 0 aliphatic heterocycles. The molecule has 1 N–H and O–H groups in total. The van der Waals surface area contributed by atoms with Crippen molar-refractivity contribution in [3.05, 3.63) is 29.4 Å². The fourth-order valence-electron chi connectivity index (χ4n) is 1.86. The Kier molecular flexibility index (Phi) is 3.87. The molecule has 0 radical (unpaired) electrons. The third-order valence-corrected chi connectivity index (χ3v) is 3.03. The van der Waals surface area contributed by atoms with Gasteiger partial charge in [0, 0.05) is 13.0 Å². The maximum Gasteiger partial charge on any atom is 0.270 e. The van der Waals surface area contributed by atoms with Crippen LogP contribution in [-0.2, 0) is 7.05 Å². The monoisotopic (exact) mass is 277 g/mol. The highest BCUT2D eigenvalue weighted by Crippen LogP contribution is 2.15. The molecule has 2 aromatic heterocycles. The first kappa shape index (κ1) is 14.2. The third-order valence-electron chi connectivity index (χ3n) is 3.03. The van der Waals surface area contributed by atoms with Crippen molar-refractivity contribution in [1.29, 1.82) is 0 Å². The summed E-state index contributed by atoms with van der Waals surface area (Å²) in [5, 5.41) is 6.72. The lowest BCUT2D eigenvalue weighted by molar-refractivity contribution is 0.0923. The molecule has 0 saturated carbocycles. The average molecular weight is 277 g/mol. The second-order valence-corrected chi connectivity index (χ2v) is 5.13. The summed E-state index contributed by atoms with van der Waals surface area (Å²) in [5.74, 6) is 1.02. The van der Waals surface area contributed by atoms with Crippen LogP contribution in [0, 0.1) is 6.92 Å². The largest absolute Gasteiger partial charge is 0.339 e. The van der Waals surface area contributed by atoms with E-state index in [9.17, 15) is 4.79 Å². The molecule has 2 rings (SSSR count). The van der Waals surface area contributed by atoms with Crippen molar-refractivity contribution in [2.75, 3.05) is 0 Å². The van der Waals surface area contributed by atoms with Crippen molar-refractivity contribution < 1.29 is 9.32 Å². The van der Waals surface area contributed by atoms with Crippen LogP contribution < -0.4 is 5.32 Å². The van der Waals surface area contributed by atoms with E-state index in [1.54, 1.807) is 31.8 Å². The van der Waals surface area contributed by atoms with E-state index in [0.29, 0.717) is 23.1 Å². The highest BCUT2D eigenvalue weighted by molar-refractivity contribution is 5.93. The van der Waals surface area contributed by atoms with Gasteiger partial charge < -0.3 is 14.4 Å². The van der Waals surface area contributed by atoms with E-state index in [-0.39, 0.29) is 17.9 Å². The minimum atomic E-state index is -0.350. The van der Waals surface area contributed by atoms with Gasteiger partial charge >= 0.3 is 0 Å². The SMILES string of the molecule is Cc1ncn(C)c1C(=O)NC(C)c1nc(C(C)C)no1. The summed E-state index contributed by atoms with van der Waals surface area (Å²) < 4.78 is 6.85. The zero-order valence-electron chi connectivity index (χ0n) is 12.3. The quantitative estimate of drug-likeness (QED) is 0.919. The van der Waals surface area contributed by atoms with Gasteiger partial charge in [0.15, 0.2) is 5.82 Å². The molecule has 20 heavy (non-hydrogen) atoms. The van der Waals surface area contributed by atoms with Crippen molar-refractivity contribution in [1.82, 2.24) is 25.0 Å². The number of carbonyl (C=O) groups is 1. The zero-order valence-corrected chi connectivity index (χ0v) is 12.3. The second kappa shape index (κ2) is 5.44. The first-order chi connectivity index (χ1) is 9.40. The molecule has 0 spiro atoms. The third kappa shape index (κ3) is 2.71. The Labute approximate surface area is 117 Å². The van der Waals surface area contributed by atoms with Crippen LogP contribution in [0.4, 0.5) is 0 Å². The minimum absolute atomic E-state index is 0.190. The number of imidazole rings is 1. The number of aryl methyl sites for hydroxylation is 2. The summed E-state index contributed by atoms with van der Waals surface area (Å²) in [6.07, 6.45) is 1.61. The molecule has 7 nitrogen and oxygen atoms in total. The van der Waals surface area contributed by atoms with Crippen LogP contribution in [-0.4, -0.2) is 25.6 Å². The van der Waals surface area contributed by atoms with Crippen LogP contribution in [0.2, 0.25) is 0 Å². The fourth-order valence-corrected chi connectivity index (χ4v) is 1.86. The topological polar surface area (TPSA) is 85.8 Å². The summed E-state index contributed by atoms with van der Waals surface area (Å²) in [6, 6.07) is -0.350. The molecule has 0 fully saturated rings. The minimum Gasteiger partial charge on any atom is -0.339 e. The van der Waals surface area contributed by atoms with E-state index in [2.05, 4.69) is 20.4 Å². The molecule has 0 aromatic carbocycles. The molecule has 108 valence electrons. The number of hydrogen-bond donors (Lipinski definition) is 1. The van der Waals surface area contributed by atoms with Crippen molar-refractivity contribution in [2.45, 2.75) is 39.7 Å². The zero-order chi connectivity index (χ0) is 14.9. The Morgan fingerprint density at radius 1 is 1.40 bits per heavy atom. The smallest absolute Gasteiger partial charge is 0.270 e. The summed E-state index contributed by atoms with van der Waals surface area (Å²) >= 11 is 0. The molecule has 1 atom stereocenters. The van der Waals surface area contributed by atoms with Gasteiger partial charge in [-0.15, -0.1) is 0 Å². The summed E-state index contributed by atoms with van der Waals surface area (Å²) in [4.78, 5) is 20.6. The number of carbonyl (C=O) groups excluding carboxylic acids is 1. The molecular formula is C13H19N5O2. The van der Waals surface area contributed by atoms with E-state index in [1.165, 1.54) is 0 Å². The molecule has 7 heteroatoms. The lowest BCUT2D eigenvalue weighted by Gasteiger charge is -2.10. The number of aromatic nitrogens is 4. The molecular weight excluding hydrogens is 258 g/mol. The second-order valence-electron chi connectivity index (χ2n) is 5.13. The predicted octanol–water partition coefficient (Wildman–Crippen LogP) is 1.73. The Morgan fingerprint density at radius 3 is 2.60 bits per heavy atom. The lowest BCUT2D eigenvalue weighted by Crippen LogP contribution is -2.29. The van der Waals surface area contributed by atoms with Gasteiger partial charge in [0.05, 0.1) is 12.0 Å². The molecule has 1 amide bonds. The Balaban J connectivity index is 2.11. The van der Waals surface area contributed by atoms with Crippen LogP contribution in [0.3, 0.4) is 0 Å². The van der Waals surface area contributed by atoms with Crippen LogP contribution in [0.15, 0.2) is 10.9 Å². The number of hydrogen-bond acceptors (Lipinski definition) is 5. The molecule has 1 unspecified atom stereocenters. The highest BCUT2D eigenvalue weighted by Gasteiger charge is 2.21. The molecule has 2 heterocycles. The maximum absolute atomic E-state index is 12.2. The van der Waals surface area contributed by atoms with Crippen LogP contribution in [0.5, 0.6) is 0 Å². The van der Waals surface area contributed by atoms with Gasteiger partial charge in [0.1, 0.15) is 11.7 Å². The van der Waals surface area contributed by atoms with E-state index in [4.69, 9.17) is 4.52 Å². The fraction of sp³-hybridized carbons (Fsp3) is 0.538. The molecule has 0 bridgehead atoms. The standard InChI is InChI=1S/C13H19N5O2/c1-7(2)11-16-13(20-17-11)9(4)15-12(19)10-8(3)14-6-18(10)5/h6-7,9H,1-5H3,(H,15,19). The van der Waals surface area contributed by atoms with E-state index in [0.717, 1.165) is 0 Å². The van der Waals surface area contributed by atoms with Crippen LogP contribution in [0.1, 0.15) is 60.6 Å². The maximum atomic E-state index is 12.2. The average Bonchev–Trinajstić information content (AvgIpc) is 2.96. The van der Waals surface area contributed by atoms with Gasteiger partial charge in [0.2, 0.25) is 5.89 Å². The highest BCUT2D eigenvalue weighted by atomic mass is 16.5. The Hall–Kier alpha value is -2.18. The van der Waals surface area contributed by atoms with Crippen molar-refractivity contribution in [2.24, 2.45) is 7.05 Å². The summed E-state index contributed by atoms with van der Waals surface area (Å²) in [5.41, 5.74) is 1.21. The Bertz CT molecular complexity index is 595. The van der Waals surface area contributed by atoms with Gasteiger partial charge in [0.25, 0.3) is 5.91 Å². The van der Waals surface area contributed by atoms with Gasteiger partial charge in [-0.05, 0) is 13.8 Å². The van der Waals surface area contributed by atoms with E-state index < -0.39 is 0 Å². The van der Waals surface area contributed by atoms with Gasteiger partial charge in [-0.25, -0.2) is 4.98 Å². The Morgan fingerprint density at radius 2 is 2.10 bits per heavy atom. The van der Waals surface area contributed by atoms with Crippen LogP contribution in [0.25, 0.3) is 0 Å². The van der Waals surface area contributed by atoms with Crippen molar-refractivity contribution >= 4 is 5.91 Å². The lowest BCUT2D eigenvalue weighted by atomic mass is 10.2. The predicted molar refractivity (Wildman–Crippen MR) is 72.2 cm³/mol. The summed E-state index contributed by atoms with van der Waals surface area (Å²) in [6.45, 7) is 7.57. The first-order valence-electron chi connectivity index (χ1n) is 6.52. The normalized spacial score (nSPS) is 12.7. The van der Waals surface area contributed by atoms with E-state index in [1.807, 2.05) is 13.8 Å². The molecule has 0 saturated heterocycles. The van der Waals surface area contributed by atoms with Gasteiger partial charge in [-0.1, -0.05) is 19.0 Å². The van der Waals surface area contributed by atoms with Gasteiger partial charge in [-0.2, -0.15) is 4.98 Å². The molecule has 0 aliphatic carbocycles.